The van der Waals surface area contributed by atoms with Crippen molar-refractivity contribution in [2.45, 2.75) is 13.8 Å². The molecular weight excluding hydrogens is 267 g/mol. The van der Waals surface area contributed by atoms with Gasteiger partial charge in [0.05, 0.1) is 5.56 Å². The lowest BCUT2D eigenvalue weighted by Gasteiger charge is -2.05. The van der Waals surface area contributed by atoms with E-state index >= 15 is 0 Å². The van der Waals surface area contributed by atoms with Crippen molar-refractivity contribution in [3.63, 3.8) is 0 Å². The van der Waals surface area contributed by atoms with Crippen LogP contribution in [0.2, 0.25) is 0 Å². The zero-order chi connectivity index (χ0) is 15.0. The lowest BCUT2D eigenvalue weighted by Crippen LogP contribution is -1.89. The van der Waals surface area contributed by atoms with Crippen molar-refractivity contribution in [2.24, 2.45) is 0 Å². The Morgan fingerprint density at radius 3 is 2.33 bits per heavy atom. The third-order valence-electron chi connectivity index (χ3n) is 3.49. The second-order valence-corrected chi connectivity index (χ2v) is 5.10. The second-order valence-electron chi connectivity index (χ2n) is 5.10. The van der Waals surface area contributed by atoms with Gasteiger partial charge in [0.15, 0.2) is 0 Å². The molecule has 1 heterocycles. The van der Waals surface area contributed by atoms with Gasteiger partial charge in [-0.15, -0.1) is 0 Å². The Bertz CT molecular complexity index is 791. The normalized spacial score (nSPS) is 10.8. The Balaban J connectivity index is 2.16. The number of hydrogen-bond acceptors (Lipinski definition) is 3. The van der Waals surface area contributed by atoms with Crippen LogP contribution < -0.4 is 5.73 Å². The molecule has 3 rings (SSSR count). The fourth-order valence-electron chi connectivity index (χ4n) is 2.29. The first-order valence-corrected chi connectivity index (χ1v) is 6.65. The number of nitrogen functional groups attached to an aromatic ring is 1. The summed E-state index contributed by atoms with van der Waals surface area (Å²) in [4.78, 5) is 0. The smallest absolute Gasteiger partial charge is 0.230 e. The minimum Gasteiger partial charge on any atom is -0.367 e. The highest BCUT2D eigenvalue weighted by atomic mass is 19.1. The molecule has 0 spiro atoms. The minimum atomic E-state index is -0.243. The van der Waals surface area contributed by atoms with Crippen LogP contribution in [0.1, 0.15) is 11.1 Å². The average Bonchev–Trinajstić information content (AvgIpc) is 2.85. The van der Waals surface area contributed by atoms with Gasteiger partial charge in [-0.1, -0.05) is 35.0 Å². The van der Waals surface area contributed by atoms with Crippen molar-refractivity contribution in [1.82, 2.24) is 5.16 Å². The van der Waals surface area contributed by atoms with Gasteiger partial charge in [-0.3, -0.25) is 0 Å². The third-order valence-corrected chi connectivity index (χ3v) is 3.49. The molecule has 0 unspecified atom stereocenters. The summed E-state index contributed by atoms with van der Waals surface area (Å²) in [5.74, 6) is 0.0166. The standard InChI is InChI=1S/C17H15FN2O/c1-10-3-5-12(6-4-10)15-16(20-21-17(15)19)13-7-8-14(18)11(2)9-13/h3-9H,19H2,1-2H3. The molecule has 0 atom stereocenters. The molecule has 0 saturated heterocycles. The van der Waals surface area contributed by atoms with Gasteiger partial charge >= 0.3 is 0 Å². The lowest BCUT2D eigenvalue weighted by atomic mass is 9.99. The van der Waals surface area contributed by atoms with Gasteiger partial charge in [-0.25, -0.2) is 4.39 Å². The van der Waals surface area contributed by atoms with E-state index in [1.54, 1.807) is 19.1 Å². The van der Waals surface area contributed by atoms with E-state index in [4.69, 9.17) is 10.3 Å². The van der Waals surface area contributed by atoms with Gasteiger partial charge in [0.25, 0.3) is 0 Å². The van der Waals surface area contributed by atoms with Crippen LogP contribution in [0.15, 0.2) is 47.0 Å². The highest BCUT2D eigenvalue weighted by Crippen LogP contribution is 2.36. The first-order chi connectivity index (χ1) is 10.1. The minimum absolute atomic E-state index is 0.243. The van der Waals surface area contributed by atoms with E-state index in [0.717, 1.165) is 22.3 Å². The number of benzene rings is 2. The fraction of sp³-hybridized carbons (Fsp3) is 0.118. The van der Waals surface area contributed by atoms with Gasteiger partial charge in [-0.05, 0) is 43.2 Å². The number of hydrogen-bond donors (Lipinski definition) is 1. The number of halogens is 1. The predicted molar refractivity (Wildman–Crippen MR) is 81.2 cm³/mol. The number of rotatable bonds is 2. The zero-order valence-corrected chi connectivity index (χ0v) is 11.9. The van der Waals surface area contributed by atoms with Crippen LogP contribution in [0.3, 0.4) is 0 Å². The van der Waals surface area contributed by atoms with Gasteiger partial charge in [0, 0.05) is 5.56 Å². The Morgan fingerprint density at radius 1 is 1.00 bits per heavy atom. The van der Waals surface area contributed by atoms with Crippen LogP contribution in [-0.2, 0) is 0 Å². The summed E-state index contributed by atoms with van der Waals surface area (Å²) >= 11 is 0. The van der Waals surface area contributed by atoms with E-state index in [1.807, 2.05) is 31.2 Å². The van der Waals surface area contributed by atoms with Crippen LogP contribution in [0.4, 0.5) is 10.3 Å². The Morgan fingerprint density at radius 2 is 1.67 bits per heavy atom. The van der Waals surface area contributed by atoms with Gasteiger partial charge in [0.2, 0.25) is 5.88 Å². The number of aryl methyl sites for hydroxylation is 2. The number of nitrogens with zero attached hydrogens (tertiary/aromatic N) is 1. The van der Waals surface area contributed by atoms with E-state index in [1.165, 1.54) is 6.07 Å². The molecule has 0 fully saturated rings. The molecule has 0 bridgehead atoms. The van der Waals surface area contributed by atoms with E-state index in [0.29, 0.717) is 11.3 Å². The van der Waals surface area contributed by atoms with E-state index in [-0.39, 0.29) is 11.7 Å². The van der Waals surface area contributed by atoms with Crippen molar-refractivity contribution in [1.29, 1.82) is 0 Å². The number of aromatic nitrogens is 1. The fourth-order valence-corrected chi connectivity index (χ4v) is 2.29. The molecule has 21 heavy (non-hydrogen) atoms. The lowest BCUT2D eigenvalue weighted by molar-refractivity contribution is 0.439. The van der Waals surface area contributed by atoms with Gasteiger partial charge in [-0.2, -0.15) is 0 Å². The Kier molecular flexibility index (Phi) is 3.22. The van der Waals surface area contributed by atoms with Crippen molar-refractivity contribution in [3.8, 4) is 22.4 Å². The van der Waals surface area contributed by atoms with Crippen molar-refractivity contribution in [2.75, 3.05) is 5.73 Å². The summed E-state index contributed by atoms with van der Waals surface area (Å²) in [7, 11) is 0. The number of nitrogens with two attached hydrogens (primary N) is 1. The van der Waals surface area contributed by atoms with Crippen molar-refractivity contribution >= 4 is 5.88 Å². The molecular formula is C17H15FN2O. The highest BCUT2D eigenvalue weighted by Gasteiger charge is 2.17. The highest BCUT2D eigenvalue weighted by molar-refractivity contribution is 5.86. The quantitative estimate of drug-likeness (QED) is 0.760. The molecule has 2 N–H and O–H groups in total. The van der Waals surface area contributed by atoms with E-state index in [9.17, 15) is 4.39 Å². The summed E-state index contributed by atoms with van der Waals surface area (Å²) in [6.07, 6.45) is 0. The maximum Gasteiger partial charge on any atom is 0.230 e. The number of anilines is 1. The van der Waals surface area contributed by atoms with Crippen LogP contribution >= 0.6 is 0 Å². The molecule has 106 valence electrons. The maximum absolute atomic E-state index is 13.4. The SMILES string of the molecule is Cc1ccc(-c2c(-c3ccc(F)c(C)c3)noc2N)cc1. The van der Waals surface area contributed by atoms with Crippen LogP contribution in [0, 0.1) is 19.7 Å². The Hall–Kier alpha value is -2.62. The van der Waals surface area contributed by atoms with Crippen LogP contribution in [-0.4, -0.2) is 5.16 Å². The summed E-state index contributed by atoms with van der Waals surface area (Å²) in [6.45, 7) is 3.73. The topological polar surface area (TPSA) is 52.0 Å². The molecule has 0 saturated carbocycles. The molecule has 1 aromatic heterocycles. The average molecular weight is 282 g/mol. The largest absolute Gasteiger partial charge is 0.367 e. The first kappa shape index (κ1) is 13.4. The molecule has 4 heteroatoms. The summed E-state index contributed by atoms with van der Waals surface area (Å²) < 4.78 is 18.6. The summed E-state index contributed by atoms with van der Waals surface area (Å²) in [5, 5.41) is 4.03. The zero-order valence-electron chi connectivity index (χ0n) is 11.9. The predicted octanol–water partition coefficient (Wildman–Crippen LogP) is 4.35. The Labute approximate surface area is 122 Å². The van der Waals surface area contributed by atoms with Crippen molar-refractivity contribution in [3.05, 3.63) is 59.4 Å². The first-order valence-electron chi connectivity index (χ1n) is 6.65. The second kappa shape index (κ2) is 5.05. The maximum atomic E-state index is 13.4. The van der Waals surface area contributed by atoms with Crippen molar-refractivity contribution < 1.29 is 8.91 Å². The summed E-state index contributed by atoms with van der Waals surface area (Å²) in [6, 6.07) is 12.8. The molecule has 0 radical (unpaired) electrons. The third kappa shape index (κ3) is 2.40. The van der Waals surface area contributed by atoms with Crippen LogP contribution in [0.25, 0.3) is 22.4 Å². The van der Waals surface area contributed by atoms with Crippen LogP contribution in [0.5, 0.6) is 0 Å². The van der Waals surface area contributed by atoms with Gasteiger partial charge < -0.3 is 10.3 Å². The van der Waals surface area contributed by atoms with Gasteiger partial charge in [0.1, 0.15) is 11.5 Å². The molecule has 3 nitrogen and oxygen atoms in total. The molecule has 0 amide bonds. The summed E-state index contributed by atoms with van der Waals surface area (Å²) in [5.41, 5.74) is 10.7. The monoisotopic (exact) mass is 282 g/mol. The molecule has 2 aromatic carbocycles. The molecule has 3 aromatic rings. The van der Waals surface area contributed by atoms with E-state index < -0.39 is 0 Å². The molecule has 0 aliphatic heterocycles. The van der Waals surface area contributed by atoms with E-state index in [2.05, 4.69) is 5.16 Å². The molecule has 0 aliphatic carbocycles. The molecule has 0 aliphatic rings.